The maximum absolute atomic E-state index is 10.8. The highest BCUT2D eigenvalue weighted by atomic mass is 16.4. The fraction of sp³-hybridized carbons (Fsp3) is 0.583. The molecule has 0 amide bonds. The van der Waals surface area contributed by atoms with Gasteiger partial charge in [0.25, 0.3) is 0 Å². The molecule has 0 saturated carbocycles. The molecule has 0 bridgehead atoms. The number of aromatic carboxylic acids is 1. The number of nitrogens with one attached hydrogen (secondary N) is 1. The van der Waals surface area contributed by atoms with Gasteiger partial charge in [0.05, 0.1) is 6.54 Å². The number of piperazine rings is 1. The van der Waals surface area contributed by atoms with E-state index < -0.39 is 5.97 Å². The molecule has 1 fully saturated rings. The predicted molar refractivity (Wildman–Crippen MR) is 66.3 cm³/mol. The van der Waals surface area contributed by atoms with Crippen LogP contribution in [0.3, 0.4) is 0 Å². The SMILES string of the molecule is Cc1cc(CNN2CCN(C)CC2)oc1C(=O)O. The molecule has 100 valence electrons. The van der Waals surface area contributed by atoms with Crippen LogP contribution < -0.4 is 5.43 Å². The lowest BCUT2D eigenvalue weighted by Crippen LogP contribution is -2.50. The number of carboxylic acid groups (broad SMARTS) is 1. The molecule has 18 heavy (non-hydrogen) atoms. The Labute approximate surface area is 106 Å². The molecule has 1 saturated heterocycles. The second-order valence-electron chi connectivity index (χ2n) is 4.66. The largest absolute Gasteiger partial charge is 0.475 e. The number of hydrazine groups is 1. The van der Waals surface area contributed by atoms with Gasteiger partial charge in [-0.1, -0.05) is 0 Å². The van der Waals surface area contributed by atoms with Crippen LogP contribution in [0.15, 0.2) is 10.5 Å². The van der Waals surface area contributed by atoms with Crippen LogP contribution in [-0.4, -0.2) is 54.2 Å². The number of carbonyl (C=O) groups is 1. The van der Waals surface area contributed by atoms with Crippen molar-refractivity contribution in [1.29, 1.82) is 0 Å². The van der Waals surface area contributed by atoms with Gasteiger partial charge < -0.3 is 14.4 Å². The first-order chi connectivity index (χ1) is 8.56. The summed E-state index contributed by atoms with van der Waals surface area (Å²) in [6.45, 7) is 6.25. The fourth-order valence-corrected chi connectivity index (χ4v) is 2.00. The Bertz CT molecular complexity index is 422. The minimum absolute atomic E-state index is 0.0326. The van der Waals surface area contributed by atoms with Crippen molar-refractivity contribution < 1.29 is 14.3 Å². The van der Waals surface area contributed by atoms with E-state index in [1.807, 2.05) is 0 Å². The zero-order chi connectivity index (χ0) is 13.1. The summed E-state index contributed by atoms with van der Waals surface area (Å²) in [6, 6.07) is 1.77. The van der Waals surface area contributed by atoms with Gasteiger partial charge in [0.15, 0.2) is 0 Å². The van der Waals surface area contributed by atoms with E-state index >= 15 is 0 Å². The first-order valence-electron chi connectivity index (χ1n) is 6.06. The Balaban J connectivity index is 1.86. The molecule has 6 nitrogen and oxygen atoms in total. The van der Waals surface area contributed by atoms with Crippen molar-refractivity contribution in [3.63, 3.8) is 0 Å². The average Bonchev–Trinajstić information content (AvgIpc) is 2.70. The number of likely N-dealkylation sites (N-methyl/N-ethyl adjacent to an activating group) is 1. The molecule has 1 aromatic heterocycles. The predicted octanol–water partition coefficient (Wildman–Crippen LogP) is 0.538. The van der Waals surface area contributed by atoms with Crippen molar-refractivity contribution in [2.45, 2.75) is 13.5 Å². The topological polar surface area (TPSA) is 69.0 Å². The number of furan rings is 1. The Morgan fingerprint density at radius 2 is 2.11 bits per heavy atom. The molecule has 0 aliphatic carbocycles. The van der Waals surface area contributed by atoms with E-state index in [1.165, 1.54) is 0 Å². The van der Waals surface area contributed by atoms with Gasteiger partial charge >= 0.3 is 5.97 Å². The van der Waals surface area contributed by atoms with Crippen molar-refractivity contribution >= 4 is 5.97 Å². The summed E-state index contributed by atoms with van der Waals surface area (Å²) in [5.41, 5.74) is 3.92. The first-order valence-corrected chi connectivity index (χ1v) is 6.06. The highest BCUT2D eigenvalue weighted by Gasteiger charge is 2.16. The summed E-state index contributed by atoms with van der Waals surface area (Å²) in [6.07, 6.45) is 0. The van der Waals surface area contributed by atoms with Crippen LogP contribution in [0.25, 0.3) is 0 Å². The van der Waals surface area contributed by atoms with Gasteiger partial charge in [-0.2, -0.15) is 0 Å². The first kappa shape index (κ1) is 13.1. The molecule has 0 radical (unpaired) electrons. The molecular weight excluding hydrogens is 234 g/mol. The Morgan fingerprint density at radius 3 is 2.67 bits per heavy atom. The number of rotatable bonds is 4. The van der Waals surface area contributed by atoms with E-state index in [-0.39, 0.29) is 5.76 Å². The van der Waals surface area contributed by atoms with Crippen molar-refractivity contribution in [1.82, 2.24) is 15.3 Å². The molecule has 0 atom stereocenters. The van der Waals surface area contributed by atoms with Gasteiger partial charge in [0.2, 0.25) is 5.76 Å². The normalized spacial score (nSPS) is 18.1. The van der Waals surface area contributed by atoms with E-state index in [0.29, 0.717) is 17.9 Å². The number of hydrogen-bond donors (Lipinski definition) is 2. The minimum atomic E-state index is -1.02. The third-order valence-corrected chi connectivity index (χ3v) is 3.14. The van der Waals surface area contributed by atoms with E-state index in [9.17, 15) is 4.79 Å². The van der Waals surface area contributed by atoms with Crippen molar-refractivity contribution in [2.24, 2.45) is 0 Å². The lowest BCUT2D eigenvalue weighted by molar-refractivity contribution is 0.0655. The second-order valence-corrected chi connectivity index (χ2v) is 4.66. The van der Waals surface area contributed by atoms with Crippen LogP contribution in [0.2, 0.25) is 0 Å². The third-order valence-electron chi connectivity index (χ3n) is 3.14. The molecule has 0 unspecified atom stereocenters. The van der Waals surface area contributed by atoms with Crippen LogP contribution in [0, 0.1) is 6.92 Å². The molecule has 6 heteroatoms. The number of hydrogen-bond acceptors (Lipinski definition) is 5. The summed E-state index contributed by atoms with van der Waals surface area (Å²) >= 11 is 0. The summed E-state index contributed by atoms with van der Waals surface area (Å²) in [5, 5.41) is 11.0. The number of nitrogens with zero attached hydrogens (tertiary/aromatic N) is 2. The highest BCUT2D eigenvalue weighted by Crippen LogP contribution is 2.14. The molecule has 1 aliphatic heterocycles. The fourth-order valence-electron chi connectivity index (χ4n) is 2.00. The molecule has 2 rings (SSSR count). The van der Waals surface area contributed by atoms with E-state index in [0.717, 1.165) is 26.2 Å². The lowest BCUT2D eigenvalue weighted by atomic mass is 10.2. The molecule has 2 N–H and O–H groups in total. The van der Waals surface area contributed by atoms with Crippen molar-refractivity contribution in [3.8, 4) is 0 Å². The van der Waals surface area contributed by atoms with Crippen molar-refractivity contribution in [3.05, 3.63) is 23.2 Å². The van der Waals surface area contributed by atoms with Crippen LogP contribution in [0.5, 0.6) is 0 Å². The molecule has 1 aromatic rings. The van der Waals surface area contributed by atoms with Gasteiger partial charge in [-0.3, -0.25) is 0 Å². The van der Waals surface area contributed by atoms with E-state index in [2.05, 4.69) is 22.4 Å². The molecule has 0 aromatic carbocycles. The number of carboxylic acids is 1. The van der Waals surface area contributed by atoms with Crippen LogP contribution in [0.4, 0.5) is 0 Å². The smallest absolute Gasteiger partial charge is 0.372 e. The lowest BCUT2D eigenvalue weighted by Gasteiger charge is -2.32. The summed E-state index contributed by atoms with van der Waals surface area (Å²) in [4.78, 5) is 13.1. The highest BCUT2D eigenvalue weighted by molar-refractivity contribution is 5.86. The molecule has 0 spiro atoms. The third kappa shape index (κ3) is 3.10. The van der Waals surface area contributed by atoms with E-state index in [4.69, 9.17) is 9.52 Å². The zero-order valence-corrected chi connectivity index (χ0v) is 10.8. The van der Waals surface area contributed by atoms with Gasteiger partial charge in [0.1, 0.15) is 5.76 Å². The Kier molecular flexibility index (Phi) is 4.00. The molecular formula is C12H19N3O3. The van der Waals surface area contributed by atoms with Gasteiger partial charge in [-0.05, 0) is 20.0 Å². The maximum Gasteiger partial charge on any atom is 0.372 e. The van der Waals surface area contributed by atoms with E-state index in [1.54, 1.807) is 13.0 Å². The monoisotopic (exact) mass is 253 g/mol. The molecule has 1 aliphatic rings. The maximum atomic E-state index is 10.8. The molecule has 2 heterocycles. The zero-order valence-electron chi connectivity index (χ0n) is 10.8. The van der Waals surface area contributed by atoms with Crippen LogP contribution >= 0.6 is 0 Å². The van der Waals surface area contributed by atoms with Crippen LogP contribution in [-0.2, 0) is 6.54 Å². The van der Waals surface area contributed by atoms with Gasteiger partial charge in [0, 0.05) is 31.7 Å². The standard InChI is InChI=1S/C12H19N3O3/c1-9-7-10(18-11(9)12(16)17)8-13-15-5-3-14(2)4-6-15/h7,13H,3-6,8H2,1-2H3,(H,16,17). The Morgan fingerprint density at radius 1 is 1.44 bits per heavy atom. The summed E-state index contributed by atoms with van der Waals surface area (Å²) in [7, 11) is 2.10. The second kappa shape index (κ2) is 5.51. The minimum Gasteiger partial charge on any atom is -0.475 e. The van der Waals surface area contributed by atoms with Gasteiger partial charge in [-0.25, -0.2) is 15.2 Å². The Hall–Kier alpha value is -1.37. The average molecular weight is 253 g/mol. The van der Waals surface area contributed by atoms with Gasteiger partial charge in [-0.15, -0.1) is 0 Å². The summed E-state index contributed by atoms with van der Waals surface area (Å²) in [5.74, 6) is -0.327. The van der Waals surface area contributed by atoms with Crippen molar-refractivity contribution in [2.75, 3.05) is 33.2 Å². The summed E-state index contributed by atoms with van der Waals surface area (Å²) < 4.78 is 5.29. The van der Waals surface area contributed by atoms with Crippen LogP contribution in [0.1, 0.15) is 21.9 Å². The number of aryl methyl sites for hydroxylation is 1. The quantitative estimate of drug-likeness (QED) is 0.816.